The Balaban J connectivity index is 1.77. The van der Waals surface area contributed by atoms with E-state index in [0.29, 0.717) is 22.5 Å². The molecule has 0 spiro atoms. The van der Waals surface area contributed by atoms with Crippen LogP contribution in [0.15, 0.2) is 65.5 Å². The van der Waals surface area contributed by atoms with Gasteiger partial charge in [-0.3, -0.25) is 4.79 Å². The first-order valence-corrected chi connectivity index (χ1v) is 8.79. The van der Waals surface area contributed by atoms with Crippen LogP contribution in [0, 0.1) is 11.3 Å². The molecule has 0 saturated heterocycles. The number of aromatic nitrogens is 2. The Bertz CT molecular complexity index is 1150. The van der Waals surface area contributed by atoms with Gasteiger partial charge in [0.05, 0.1) is 34.0 Å². The Morgan fingerprint density at radius 2 is 2.00 bits per heavy atom. The zero-order valence-electron chi connectivity index (χ0n) is 13.5. The van der Waals surface area contributed by atoms with E-state index in [1.807, 2.05) is 42.5 Å². The first kappa shape index (κ1) is 15.9. The average molecular weight is 356 g/mol. The van der Waals surface area contributed by atoms with Crippen molar-refractivity contribution >= 4 is 33.8 Å². The summed E-state index contributed by atoms with van der Waals surface area (Å²) in [7, 11) is 0. The van der Waals surface area contributed by atoms with Gasteiger partial charge in [-0.25, -0.2) is 9.97 Å². The number of carbonyl (C=O) groups is 1. The second kappa shape index (κ2) is 6.75. The van der Waals surface area contributed by atoms with E-state index in [9.17, 15) is 4.79 Å². The molecular weight excluding hydrogens is 344 g/mol. The average Bonchev–Trinajstić information content (AvgIpc) is 3.23. The molecule has 0 fully saturated rings. The van der Waals surface area contributed by atoms with Crippen molar-refractivity contribution in [1.29, 1.82) is 5.26 Å². The van der Waals surface area contributed by atoms with Crippen molar-refractivity contribution in [2.45, 2.75) is 0 Å². The number of nitrogens with one attached hydrogen (secondary N) is 1. The molecule has 0 saturated carbocycles. The number of amides is 1. The summed E-state index contributed by atoms with van der Waals surface area (Å²) in [6, 6.07) is 18.9. The van der Waals surface area contributed by atoms with Gasteiger partial charge in [0.1, 0.15) is 5.69 Å². The molecule has 0 atom stereocenters. The van der Waals surface area contributed by atoms with Crippen molar-refractivity contribution in [3.63, 3.8) is 0 Å². The quantitative estimate of drug-likeness (QED) is 0.587. The van der Waals surface area contributed by atoms with Gasteiger partial charge in [-0.2, -0.15) is 5.26 Å². The number of nitriles is 1. The largest absolute Gasteiger partial charge is 0.319 e. The van der Waals surface area contributed by atoms with Crippen molar-refractivity contribution in [1.82, 2.24) is 9.97 Å². The topological polar surface area (TPSA) is 78.7 Å². The molecule has 1 amide bonds. The van der Waals surface area contributed by atoms with Crippen LogP contribution in [-0.4, -0.2) is 15.9 Å². The number of hydrogen-bond donors (Lipinski definition) is 1. The number of benzene rings is 2. The van der Waals surface area contributed by atoms with E-state index in [1.165, 1.54) is 11.3 Å². The molecule has 2 aromatic heterocycles. The second-order valence-corrected chi connectivity index (χ2v) is 6.31. The molecule has 0 aliphatic heterocycles. The summed E-state index contributed by atoms with van der Waals surface area (Å²) in [5, 5.41) is 14.6. The number of fused-ring (bicyclic) bond motifs is 1. The Kier molecular flexibility index (Phi) is 4.14. The summed E-state index contributed by atoms with van der Waals surface area (Å²) in [6.45, 7) is 0. The minimum atomic E-state index is -0.266. The third-order valence-corrected chi connectivity index (χ3v) is 4.51. The van der Waals surface area contributed by atoms with Crippen molar-refractivity contribution in [2.24, 2.45) is 0 Å². The first-order chi connectivity index (χ1) is 12.7. The van der Waals surface area contributed by atoms with Gasteiger partial charge in [0, 0.05) is 16.3 Å². The fraction of sp³-hybridized carbons (Fsp3) is 0. The number of rotatable bonds is 3. The standard InChI is InChI=1S/C20H12N4OS/c21-10-13-3-1-5-15(9-13)16-8-7-14-4-2-6-17(19(14)23-16)24-20(25)18-11-26-12-22-18/h1-9,11-12H,(H,24,25). The molecule has 26 heavy (non-hydrogen) atoms. The molecule has 0 bridgehead atoms. The molecule has 5 nitrogen and oxygen atoms in total. The number of para-hydroxylation sites is 1. The predicted molar refractivity (Wildman–Crippen MR) is 102 cm³/mol. The molecule has 2 aromatic carbocycles. The number of hydrogen-bond acceptors (Lipinski definition) is 5. The van der Waals surface area contributed by atoms with Gasteiger partial charge in [0.25, 0.3) is 5.91 Å². The Hall–Kier alpha value is -3.56. The summed E-state index contributed by atoms with van der Waals surface area (Å²) in [6.07, 6.45) is 0. The molecule has 4 rings (SSSR count). The van der Waals surface area contributed by atoms with Gasteiger partial charge in [-0.15, -0.1) is 11.3 Å². The van der Waals surface area contributed by atoms with Gasteiger partial charge in [-0.05, 0) is 24.3 Å². The monoisotopic (exact) mass is 356 g/mol. The molecule has 124 valence electrons. The zero-order chi connectivity index (χ0) is 17.9. The Labute approximate surface area is 153 Å². The van der Waals surface area contributed by atoms with E-state index in [-0.39, 0.29) is 5.91 Å². The normalized spacial score (nSPS) is 10.4. The van der Waals surface area contributed by atoms with E-state index in [2.05, 4.69) is 16.4 Å². The number of carbonyl (C=O) groups excluding carboxylic acids is 1. The first-order valence-electron chi connectivity index (χ1n) is 7.84. The highest BCUT2D eigenvalue weighted by Crippen LogP contribution is 2.26. The highest BCUT2D eigenvalue weighted by molar-refractivity contribution is 7.07. The van der Waals surface area contributed by atoms with Crippen LogP contribution < -0.4 is 5.32 Å². The van der Waals surface area contributed by atoms with Crippen LogP contribution in [0.3, 0.4) is 0 Å². The van der Waals surface area contributed by atoms with Crippen LogP contribution in [0.25, 0.3) is 22.2 Å². The summed E-state index contributed by atoms with van der Waals surface area (Å²) < 4.78 is 0. The molecule has 0 aliphatic carbocycles. The van der Waals surface area contributed by atoms with E-state index >= 15 is 0 Å². The lowest BCUT2D eigenvalue weighted by atomic mass is 10.1. The van der Waals surface area contributed by atoms with Crippen LogP contribution >= 0.6 is 11.3 Å². The van der Waals surface area contributed by atoms with Gasteiger partial charge in [-0.1, -0.05) is 30.3 Å². The van der Waals surface area contributed by atoms with Gasteiger partial charge < -0.3 is 5.32 Å². The number of anilines is 1. The van der Waals surface area contributed by atoms with Gasteiger partial charge in [0.15, 0.2) is 0 Å². The van der Waals surface area contributed by atoms with Crippen LogP contribution in [0.5, 0.6) is 0 Å². The van der Waals surface area contributed by atoms with Crippen molar-refractivity contribution in [3.05, 3.63) is 76.7 Å². The highest BCUT2D eigenvalue weighted by atomic mass is 32.1. The fourth-order valence-electron chi connectivity index (χ4n) is 2.67. The predicted octanol–water partition coefficient (Wildman–Crippen LogP) is 4.48. The van der Waals surface area contributed by atoms with E-state index in [1.54, 1.807) is 23.0 Å². The molecule has 4 aromatic rings. The summed E-state index contributed by atoms with van der Waals surface area (Å²) in [4.78, 5) is 21.1. The lowest BCUT2D eigenvalue weighted by Gasteiger charge is -2.09. The van der Waals surface area contributed by atoms with Crippen molar-refractivity contribution < 1.29 is 4.79 Å². The minimum Gasteiger partial charge on any atom is -0.319 e. The third kappa shape index (κ3) is 3.04. The number of thiazole rings is 1. The SMILES string of the molecule is N#Cc1cccc(-c2ccc3cccc(NC(=O)c4cscn4)c3n2)c1. The highest BCUT2D eigenvalue weighted by Gasteiger charge is 2.11. The summed E-state index contributed by atoms with van der Waals surface area (Å²) in [5.41, 5.74) is 5.49. The Morgan fingerprint density at radius 1 is 1.12 bits per heavy atom. The smallest absolute Gasteiger partial charge is 0.275 e. The molecule has 0 aliphatic rings. The molecule has 2 heterocycles. The van der Waals surface area contributed by atoms with Crippen molar-refractivity contribution in [2.75, 3.05) is 5.32 Å². The maximum atomic E-state index is 12.3. The maximum absolute atomic E-state index is 12.3. The fourth-order valence-corrected chi connectivity index (χ4v) is 3.20. The summed E-state index contributed by atoms with van der Waals surface area (Å²) >= 11 is 1.37. The van der Waals surface area contributed by atoms with Crippen LogP contribution in [0.2, 0.25) is 0 Å². The van der Waals surface area contributed by atoms with Crippen LogP contribution in [0.1, 0.15) is 16.1 Å². The maximum Gasteiger partial charge on any atom is 0.275 e. The number of nitrogens with zero attached hydrogens (tertiary/aromatic N) is 3. The van der Waals surface area contributed by atoms with E-state index in [4.69, 9.17) is 10.2 Å². The van der Waals surface area contributed by atoms with Crippen LogP contribution in [0.4, 0.5) is 5.69 Å². The molecule has 6 heteroatoms. The molecule has 1 N–H and O–H groups in total. The third-order valence-electron chi connectivity index (χ3n) is 3.92. The van der Waals surface area contributed by atoms with Crippen molar-refractivity contribution in [3.8, 4) is 17.3 Å². The lowest BCUT2D eigenvalue weighted by Crippen LogP contribution is -2.12. The van der Waals surface area contributed by atoms with E-state index < -0.39 is 0 Å². The lowest BCUT2D eigenvalue weighted by molar-refractivity contribution is 0.102. The van der Waals surface area contributed by atoms with Gasteiger partial charge >= 0.3 is 0 Å². The summed E-state index contributed by atoms with van der Waals surface area (Å²) in [5.74, 6) is -0.266. The van der Waals surface area contributed by atoms with E-state index in [0.717, 1.165) is 16.6 Å². The number of pyridine rings is 1. The molecule has 0 unspecified atom stereocenters. The molecule has 0 radical (unpaired) electrons. The minimum absolute atomic E-state index is 0.266. The second-order valence-electron chi connectivity index (χ2n) is 5.59. The zero-order valence-corrected chi connectivity index (χ0v) is 14.3. The van der Waals surface area contributed by atoms with Gasteiger partial charge in [0.2, 0.25) is 0 Å². The Morgan fingerprint density at radius 3 is 2.81 bits per heavy atom. The van der Waals surface area contributed by atoms with Crippen LogP contribution in [-0.2, 0) is 0 Å². The molecular formula is C20H12N4OS.